The van der Waals surface area contributed by atoms with E-state index in [4.69, 9.17) is 45.5 Å². The Balaban J connectivity index is 3.55. The number of amides is 1. The smallest absolute Gasteiger partial charge is 0.262 e. The molecule has 0 heterocycles. The second-order valence-electron chi connectivity index (χ2n) is 4.18. The van der Waals surface area contributed by atoms with Gasteiger partial charge in [0.05, 0.1) is 20.6 Å². The second kappa shape index (κ2) is 7.38. The Morgan fingerprint density at radius 2 is 1.76 bits per heavy atom. The molecule has 0 aliphatic carbocycles. The number of carbonyl (C=O) groups is 1. The summed E-state index contributed by atoms with van der Waals surface area (Å²) in [5, 5.41) is -0.513. The lowest BCUT2D eigenvalue weighted by molar-refractivity contribution is 0.0764. The van der Waals surface area contributed by atoms with E-state index in [2.05, 4.69) is 0 Å². The first-order valence-electron chi connectivity index (χ1n) is 6.06. The molecule has 0 aliphatic rings. The number of halogens is 4. The van der Waals surface area contributed by atoms with Crippen LogP contribution in [0.3, 0.4) is 0 Å². The van der Waals surface area contributed by atoms with Crippen molar-refractivity contribution in [2.75, 3.05) is 13.1 Å². The molecule has 9 heteroatoms. The molecule has 0 spiro atoms. The van der Waals surface area contributed by atoms with Crippen LogP contribution in [0.5, 0.6) is 0 Å². The zero-order chi connectivity index (χ0) is 16.4. The molecule has 21 heavy (non-hydrogen) atoms. The molecule has 0 fully saturated rings. The molecule has 0 aliphatic heterocycles. The summed E-state index contributed by atoms with van der Waals surface area (Å²) in [4.78, 5) is 13.6. The number of hydrogen-bond acceptors (Lipinski definition) is 3. The summed E-state index contributed by atoms with van der Waals surface area (Å²) in [6, 6.07) is 1.03. The highest BCUT2D eigenvalue weighted by Crippen LogP contribution is 2.38. The van der Waals surface area contributed by atoms with Crippen LogP contribution < -0.4 is 0 Å². The normalized spacial score (nSPS) is 11.5. The summed E-state index contributed by atoms with van der Waals surface area (Å²) in [6.45, 7) is 4.61. The summed E-state index contributed by atoms with van der Waals surface area (Å²) in [6.07, 6.45) is 0.732. The second-order valence-corrected chi connectivity index (χ2v) is 7.88. The maximum Gasteiger partial charge on any atom is 0.262 e. The van der Waals surface area contributed by atoms with Gasteiger partial charge < -0.3 is 4.90 Å². The van der Waals surface area contributed by atoms with Crippen molar-refractivity contribution in [2.45, 2.75) is 25.2 Å². The minimum Gasteiger partial charge on any atom is -0.339 e. The fraction of sp³-hybridized carbons (Fsp3) is 0.417. The monoisotopic (exact) mass is 391 g/mol. The molecular formula is C12H13Cl4NO3S. The number of rotatable bonds is 5. The molecule has 0 saturated carbocycles. The molecule has 0 atom stereocenters. The van der Waals surface area contributed by atoms with Crippen molar-refractivity contribution in [3.63, 3.8) is 0 Å². The Morgan fingerprint density at radius 3 is 2.19 bits per heavy atom. The summed E-state index contributed by atoms with van der Waals surface area (Å²) < 4.78 is 23.0. The molecular weight excluding hydrogens is 380 g/mol. The molecule has 0 aromatic heterocycles. The van der Waals surface area contributed by atoms with Gasteiger partial charge in [0.2, 0.25) is 0 Å². The van der Waals surface area contributed by atoms with Gasteiger partial charge in [-0.3, -0.25) is 4.79 Å². The molecule has 0 N–H and O–H groups in total. The molecule has 0 bridgehead atoms. The van der Waals surface area contributed by atoms with Crippen molar-refractivity contribution in [3.05, 3.63) is 26.7 Å². The van der Waals surface area contributed by atoms with Crippen molar-refractivity contribution in [1.82, 2.24) is 4.90 Å². The zero-order valence-electron chi connectivity index (χ0n) is 11.3. The largest absolute Gasteiger partial charge is 0.339 e. The van der Waals surface area contributed by atoms with E-state index >= 15 is 0 Å². The van der Waals surface area contributed by atoms with Gasteiger partial charge in [-0.15, -0.1) is 0 Å². The first-order valence-corrected chi connectivity index (χ1v) is 9.50. The van der Waals surface area contributed by atoms with Crippen molar-refractivity contribution in [1.29, 1.82) is 0 Å². The topological polar surface area (TPSA) is 54.5 Å². The van der Waals surface area contributed by atoms with Gasteiger partial charge in [0.15, 0.2) is 0 Å². The van der Waals surface area contributed by atoms with Crippen molar-refractivity contribution < 1.29 is 13.2 Å². The first-order chi connectivity index (χ1) is 9.65. The lowest BCUT2D eigenvalue weighted by Gasteiger charge is -2.22. The minimum atomic E-state index is -4.15. The van der Waals surface area contributed by atoms with Crippen LogP contribution in [0.25, 0.3) is 0 Å². The van der Waals surface area contributed by atoms with E-state index in [1.54, 1.807) is 6.92 Å². The fourth-order valence-corrected chi connectivity index (χ4v) is 3.92. The highest BCUT2D eigenvalue weighted by Gasteiger charge is 2.28. The van der Waals surface area contributed by atoms with Crippen LogP contribution in [0.15, 0.2) is 11.0 Å². The van der Waals surface area contributed by atoms with Gasteiger partial charge in [-0.1, -0.05) is 41.7 Å². The molecule has 1 aromatic rings. The minimum absolute atomic E-state index is 0.0923. The molecule has 1 rings (SSSR count). The fourth-order valence-electron chi connectivity index (χ4n) is 1.78. The molecule has 0 radical (unpaired) electrons. The number of hydrogen-bond donors (Lipinski definition) is 0. The molecule has 4 nitrogen and oxygen atoms in total. The predicted molar refractivity (Wildman–Crippen MR) is 86.4 cm³/mol. The number of nitrogens with zero attached hydrogens (tertiary/aromatic N) is 1. The van der Waals surface area contributed by atoms with Gasteiger partial charge in [-0.05, 0) is 19.4 Å². The highest BCUT2D eigenvalue weighted by atomic mass is 35.7. The van der Waals surface area contributed by atoms with E-state index in [9.17, 15) is 13.2 Å². The van der Waals surface area contributed by atoms with Gasteiger partial charge in [0.25, 0.3) is 15.0 Å². The van der Waals surface area contributed by atoms with E-state index in [0.717, 1.165) is 12.5 Å². The lowest BCUT2D eigenvalue weighted by atomic mass is 10.2. The van der Waals surface area contributed by atoms with Gasteiger partial charge in [-0.2, -0.15) is 0 Å². The summed E-state index contributed by atoms with van der Waals surface area (Å²) >= 11 is 17.9. The average molecular weight is 393 g/mol. The van der Waals surface area contributed by atoms with Crippen LogP contribution in [0.4, 0.5) is 0 Å². The van der Waals surface area contributed by atoms with Crippen LogP contribution in [0.1, 0.15) is 30.6 Å². The summed E-state index contributed by atoms with van der Waals surface area (Å²) in [7, 11) is 1.15. The Morgan fingerprint density at radius 1 is 1.19 bits per heavy atom. The third kappa shape index (κ3) is 4.17. The van der Waals surface area contributed by atoms with Crippen LogP contribution >= 0.6 is 45.5 Å². The zero-order valence-corrected chi connectivity index (χ0v) is 15.1. The Hall–Kier alpha value is -0.200. The molecule has 0 unspecified atom stereocenters. The average Bonchev–Trinajstić information content (AvgIpc) is 2.38. The maximum atomic E-state index is 12.5. The van der Waals surface area contributed by atoms with Crippen LogP contribution in [-0.2, 0) is 9.05 Å². The first kappa shape index (κ1) is 18.8. The molecule has 1 amide bonds. The number of benzene rings is 1. The predicted octanol–water partition coefficient (Wildman–Crippen LogP) is 4.45. The summed E-state index contributed by atoms with van der Waals surface area (Å²) in [5.74, 6) is -0.488. The standard InChI is InChI=1S/C12H13Cl4NO3S/c1-3-5-17(4-2)12(18)9-10(14)7(13)6-8(11(9)15)21(16,19)20/h6H,3-5H2,1-2H3. The van der Waals surface area contributed by atoms with Gasteiger partial charge in [0.1, 0.15) is 4.90 Å². The Bertz CT molecular complexity index is 661. The summed E-state index contributed by atoms with van der Waals surface area (Å²) in [5.41, 5.74) is -0.152. The highest BCUT2D eigenvalue weighted by molar-refractivity contribution is 8.13. The Labute approximate surface area is 143 Å². The lowest BCUT2D eigenvalue weighted by Crippen LogP contribution is -2.32. The molecule has 118 valence electrons. The van der Waals surface area contributed by atoms with E-state index < -0.39 is 19.9 Å². The van der Waals surface area contributed by atoms with Gasteiger partial charge in [-0.25, -0.2) is 8.42 Å². The third-order valence-corrected chi connectivity index (χ3v) is 5.40. The van der Waals surface area contributed by atoms with E-state index in [1.165, 1.54) is 4.90 Å². The quantitative estimate of drug-likeness (QED) is 0.549. The third-order valence-electron chi connectivity index (χ3n) is 2.76. The van der Waals surface area contributed by atoms with E-state index in [1.807, 2.05) is 6.92 Å². The van der Waals surface area contributed by atoms with Crippen molar-refractivity contribution in [2.24, 2.45) is 0 Å². The number of carbonyl (C=O) groups excluding carboxylic acids is 1. The van der Waals surface area contributed by atoms with Crippen LogP contribution in [-0.4, -0.2) is 32.3 Å². The van der Waals surface area contributed by atoms with Crippen LogP contribution in [0.2, 0.25) is 15.1 Å². The SMILES string of the molecule is CCCN(CC)C(=O)c1c(Cl)c(Cl)cc(S(=O)(=O)Cl)c1Cl. The van der Waals surface area contributed by atoms with E-state index in [-0.39, 0.29) is 20.6 Å². The maximum absolute atomic E-state index is 12.5. The van der Waals surface area contributed by atoms with Crippen molar-refractivity contribution >= 4 is 60.4 Å². The van der Waals surface area contributed by atoms with Gasteiger partial charge >= 0.3 is 0 Å². The molecule has 1 aromatic carbocycles. The molecule has 0 saturated heterocycles. The Kier molecular flexibility index (Phi) is 6.62. The van der Waals surface area contributed by atoms with Gasteiger partial charge in [0, 0.05) is 23.8 Å². The van der Waals surface area contributed by atoms with E-state index in [0.29, 0.717) is 13.1 Å². The van der Waals surface area contributed by atoms with Crippen molar-refractivity contribution in [3.8, 4) is 0 Å². The van der Waals surface area contributed by atoms with Crippen LogP contribution in [0, 0.1) is 0 Å².